The molecule has 1 atom stereocenters. The van der Waals surface area contributed by atoms with Crippen LogP contribution in [-0.4, -0.2) is 68.3 Å². The average molecular weight is 271 g/mol. The summed E-state index contributed by atoms with van der Waals surface area (Å²) in [6.45, 7) is 11.3. The number of hydrogen-bond donors (Lipinski definition) is 1. The molecule has 0 saturated carbocycles. The average Bonchev–Trinajstić information content (AvgIpc) is 2.63. The van der Waals surface area contributed by atoms with Crippen molar-refractivity contribution in [3.63, 3.8) is 0 Å². The molecule has 1 unspecified atom stereocenters. The van der Waals surface area contributed by atoms with Gasteiger partial charge in [0.25, 0.3) is 0 Å². The van der Waals surface area contributed by atoms with Crippen LogP contribution < -0.4 is 5.73 Å². The molecule has 0 aromatic heterocycles. The van der Waals surface area contributed by atoms with Gasteiger partial charge in [0, 0.05) is 25.2 Å². The highest BCUT2D eigenvalue weighted by Gasteiger charge is 2.34. The molecule has 114 valence electrons. The summed E-state index contributed by atoms with van der Waals surface area (Å²) in [6, 6.07) is 0. The maximum atomic E-state index is 6.13. The van der Waals surface area contributed by atoms with E-state index in [0.29, 0.717) is 0 Å². The quantitative estimate of drug-likeness (QED) is 0.680. The summed E-state index contributed by atoms with van der Waals surface area (Å²) in [5.74, 6) is 0. The third kappa shape index (κ3) is 5.03. The first-order valence-electron chi connectivity index (χ1n) is 7.90. The van der Waals surface area contributed by atoms with E-state index in [2.05, 4.69) is 23.8 Å². The Labute approximate surface area is 119 Å². The van der Waals surface area contributed by atoms with Crippen molar-refractivity contribution < 1.29 is 4.74 Å². The SMILES string of the molecule is CCCN1CCCC(CN)(N(C)CCOCC)CC1. The number of ether oxygens (including phenoxy) is 1. The minimum absolute atomic E-state index is 0.180. The Morgan fingerprint density at radius 2 is 2.05 bits per heavy atom. The van der Waals surface area contributed by atoms with Crippen LogP contribution in [0.4, 0.5) is 0 Å². The van der Waals surface area contributed by atoms with Gasteiger partial charge in [-0.15, -0.1) is 0 Å². The second kappa shape index (κ2) is 8.90. The Morgan fingerprint density at radius 1 is 1.26 bits per heavy atom. The predicted octanol–water partition coefficient (Wildman–Crippen LogP) is 1.55. The summed E-state index contributed by atoms with van der Waals surface area (Å²) in [5.41, 5.74) is 6.31. The van der Waals surface area contributed by atoms with E-state index in [1.54, 1.807) is 0 Å². The van der Waals surface area contributed by atoms with Crippen LogP contribution in [0.2, 0.25) is 0 Å². The maximum absolute atomic E-state index is 6.13. The molecule has 4 heteroatoms. The lowest BCUT2D eigenvalue weighted by molar-refractivity contribution is 0.0587. The van der Waals surface area contributed by atoms with Gasteiger partial charge in [-0.05, 0) is 59.3 Å². The molecule has 4 nitrogen and oxygen atoms in total. The zero-order chi connectivity index (χ0) is 14.1. The third-order valence-corrected chi connectivity index (χ3v) is 4.51. The molecule has 1 fully saturated rings. The number of likely N-dealkylation sites (tertiary alicyclic amines) is 1. The lowest BCUT2D eigenvalue weighted by Crippen LogP contribution is -2.53. The zero-order valence-corrected chi connectivity index (χ0v) is 13.2. The molecular weight excluding hydrogens is 238 g/mol. The normalized spacial score (nSPS) is 25.7. The minimum Gasteiger partial charge on any atom is -0.380 e. The van der Waals surface area contributed by atoms with Crippen molar-refractivity contribution in [2.45, 2.75) is 45.1 Å². The van der Waals surface area contributed by atoms with Crippen molar-refractivity contribution in [3.05, 3.63) is 0 Å². The highest BCUT2D eigenvalue weighted by Crippen LogP contribution is 2.27. The van der Waals surface area contributed by atoms with Gasteiger partial charge in [0.15, 0.2) is 0 Å². The monoisotopic (exact) mass is 271 g/mol. The second-order valence-corrected chi connectivity index (χ2v) is 5.74. The number of likely N-dealkylation sites (N-methyl/N-ethyl adjacent to an activating group) is 1. The van der Waals surface area contributed by atoms with Gasteiger partial charge in [0.05, 0.1) is 6.61 Å². The standard InChI is InChI=1S/C15H33N3O/c1-4-9-18-10-6-7-15(14-16,8-11-18)17(3)12-13-19-5-2/h4-14,16H2,1-3H3. The van der Waals surface area contributed by atoms with E-state index in [0.717, 1.165) is 26.3 Å². The van der Waals surface area contributed by atoms with Gasteiger partial charge in [-0.2, -0.15) is 0 Å². The third-order valence-electron chi connectivity index (χ3n) is 4.51. The first kappa shape index (κ1) is 16.9. The van der Waals surface area contributed by atoms with Crippen LogP contribution in [0.15, 0.2) is 0 Å². The number of rotatable bonds is 8. The molecule has 1 saturated heterocycles. The van der Waals surface area contributed by atoms with E-state index in [1.165, 1.54) is 45.3 Å². The van der Waals surface area contributed by atoms with Gasteiger partial charge in [0.1, 0.15) is 0 Å². The molecule has 1 aliphatic rings. The molecule has 2 N–H and O–H groups in total. The minimum atomic E-state index is 0.180. The van der Waals surface area contributed by atoms with Gasteiger partial charge in [-0.3, -0.25) is 4.90 Å². The predicted molar refractivity (Wildman–Crippen MR) is 81.5 cm³/mol. The Balaban J connectivity index is 2.53. The van der Waals surface area contributed by atoms with E-state index in [9.17, 15) is 0 Å². The van der Waals surface area contributed by atoms with Crippen molar-refractivity contribution in [2.75, 3.05) is 53.0 Å². The molecule has 0 radical (unpaired) electrons. The van der Waals surface area contributed by atoms with E-state index >= 15 is 0 Å². The molecule has 0 amide bonds. The van der Waals surface area contributed by atoms with Crippen molar-refractivity contribution in [3.8, 4) is 0 Å². The van der Waals surface area contributed by atoms with Gasteiger partial charge in [-0.25, -0.2) is 0 Å². The smallest absolute Gasteiger partial charge is 0.0593 e. The second-order valence-electron chi connectivity index (χ2n) is 5.74. The summed E-state index contributed by atoms with van der Waals surface area (Å²) in [4.78, 5) is 5.03. The van der Waals surface area contributed by atoms with Gasteiger partial charge < -0.3 is 15.4 Å². The summed E-state index contributed by atoms with van der Waals surface area (Å²) >= 11 is 0. The summed E-state index contributed by atoms with van der Waals surface area (Å²) in [5, 5.41) is 0. The van der Waals surface area contributed by atoms with Crippen LogP contribution in [0.3, 0.4) is 0 Å². The molecule has 1 heterocycles. The van der Waals surface area contributed by atoms with Crippen molar-refractivity contribution >= 4 is 0 Å². The molecule has 0 aromatic rings. The van der Waals surface area contributed by atoms with Crippen LogP contribution in [0.25, 0.3) is 0 Å². The molecule has 0 spiro atoms. The zero-order valence-electron chi connectivity index (χ0n) is 13.2. The molecule has 1 rings (SSSR count). The lowest BCUT2D eigenvalue weighted by atomic mass is 9.89. The fourth-order valence-electron chi connectivity index (χ4n) is 3.10. The maximum Gasteiger partial charge on any atom is 0.0593 e. The van der Waals surface area contributed by atoms with E-state index in [-0.39, 0.29) is 5.54 Å². The fourth-order valence-corrected chi connectivity index (χ4v) is 3.10. The van der Waals surface area contributed by atoms with Crippen LogP contribution in [0.5, 0.6) is 0 Å². The first-order valence-corrected chi connectivity index (χ1v) is 7.90. The molecule has 19 heavy (non-hydrogen) atoms. The number of nitrogens with zero attached hydrogens (tertiary/aromatic N) is 2. The highest BCUT2D eigenvalue weighted by atomic mass is 16.5. The molecular formula is C15H33N3O. The largest absolute Gasteiger partial charge is 0.380 e. The number of nitrogens with two attached hydrogens (primary N) is 1. The first-order chi connectivity index (χ1) is 9.18. The van der Waals surface area contributed by atoms with Crippen molar-refractivity contribution in [1.29, 1.82) is 0 Å². The van der Waals surface area contributed by atoms with Gasteiger partial charge in [-0.1, -0.05) is 6.92 Å². The Kier molecular flexibility index (Phi) is 7.91. The highest BCUT2D eigenvalue weighted by molar-refractivity contribution is 4.93. The summed E-state index contributed by atoms with van der Waals surface area (Å²) < 4.78 is 5.48. The Morgan fingerprint density at radius 3 is 2.68 bits per heavy atom. The molecule has 0 bridgehead atoms. The summed E-state index contributed by atoms with van der Waals surface area (Å²) in [6.07, 6.45) is 4.91. The van der Waals surface area contributed by atoms with Crippen LogP contribution >= 0.6 is 0 Å². The van der Waals surface area contributed by atoms with Crippen molar-refractivity contribution in [2.24, 2.45) is 5.73 Å². The molecule has 0 aromatic carbocycles. The topological polar surface area (TPSA) is 41.7 Å². The lowest BCUT2D eigenvalue weighted by Gasteiger charge is -2.41. The van der Waals surface area contributed by atoms with E-state index < -0.39 is 0 Å². The fraction of sp³-hybridized carbons (Fsp3) is 1.00. The van der Waals surface area contributed by atoms with E-state index in [4.69, 9.17) is 10.5 Å². The van der Waals surface area contributed by atoms with E-state index in [1.807, 2.05) is 6.92 Å². The van der Waals surface area contributed by atoms with Crippen molar-refractivity contribution in [1.82, 2.24) is 9.80 Å². The Hall–Kier alpha value is -0.160. The Bertz CT molecular complexity index is 237. The van der Waals surface area contributed by atoms with Crippen LogP contribution in [0.1, 0.15) is 39.5 Å². The van der Waals surface area contributed by atoms with Gasteiger partial charge in [0.2, 0.25) is 0 Å². The number of hydrogen-bond acceptors (Lipinski definition) is 4. The summed E-state index contributed by atoms with van der Waals surface area (Å²) in [7, 11) is 2.21. The molecule has 1 aliphatic heterocycles. The van der Waals surface area contributed by atoms with Crippen LogP contribution in [-0.2, 0) is 4.74 Å². The van der Waals surface area contributed by atoms with Crippen LogP contribution in [0, 0.1) is 0 Å². The molecule has 0 aliphatic carbocycles. The van der Waals surface area contributed by atoms with Gasteiger partial charge >= 0.3 is 0 Å².